The third-order valence-electron chi connectivity index (χ3n) is 2.26. The number of alkyl halides is 3. The number of anilines is 2. The molecule has 0 spiro atoms. The van der Waals surface area contributed by atoms with Crippen LogP contribution in [-0.4, -0.2) is 32.5 Å². The second-order valence-electron chi connectivity index (χ2n) is 3.66. The van der Waals surface area contributed by atoms with E-state index in [1.54, 1.807) is 6.07 Å². The van der Waals surface area contributed by atoms with Gasteiger partial charge in [0.1, 0.15) is 24.0 Å². The van der Waals surface area contributed by atoms with Crippen molar-refractivity contribution in [3.8, 4) is 11.9 Å². The van der Waals surface area contributed by atoms with Crippen LogP contribution in [0.2, 0.25) is 0 Å². The Kier molecular flexibility index (Phi) is 3.43. The van der Waals surface area contributed by atoms with Gasteiger partial charge in [0.05, 0.1) is 6.20 Å². The molecule has 0 unspecified atom stereocenters. The van der Waals surface area contributed by atoms with Gasteiger partial charge in [-0.15, -0.1) is 5.10 Å². The van der Waals surface area contributed by atoms with E-state index >= 15 is 0 Å². The van der Waals surface area contributed by atoms with E-state index in [0.29, 0.717) is 0 Å². The lowest BCUT2D eigenvalue weighted by molar-refractivity contribution is -0.115. The predicted octanol–water partition coefficient (Wildman–Crippen LogP) is 1.09. The lowest BCUT2D eigenvalue weighted by Crippen LogP contribution is -2.22. The smallest absolute Gasteiger partial charge is 0.382 e. The van der Waals surface area contributed by atoms with Crippen molar-refractivity contribution in [1.29, 1.82) is 5.26 Å². The molecule has 0 fully saturated rings. The van der Waals surface area contributed by atoms with Gasteiger partial charge in [0.2, 0.25) is 0 Å². The first-order chi connectivity index (χ1) is 9.42. The minimum atomic E-state index is -4.43. The fourth-order valence-electron chi connectivity index (χ4n) is 1.42. The zero-order chi connectivity index (χ0) is 14.8. The Morgan fingerprint density at radius 3 is 2.70 bits per heavy atom. The maximum atomic E-state index is 12.2. The van der Waals surface area contributed by atoms with Crippen LogP contribution in [0.15, 0.2) is 18.6 Å². The van der Waals surface area contributed by atoms with E-state index in [0.717, 1.165) is 4.68 Å². The van der Waals surface area contributed by atoms with Crippen LogP contribution in [0.3, 0.4) is 0 Å². The van der Waals surface area contributed by atoms with E-state index < -0.39 is 12.7 Å². The average molecular weight is 283 g/mol. The molecule has 0 saturated carbocycles. The summed E-state index contributed by atoms with van der Waals surface area (Å²) in [4.78, 5) is 7.70. The molecule has 0 aliphatic rings. The number of hydrogen-bond donors (Lipinski definition) is 2. The molecule has 3 N–H and O–H groups in total. The molecule has 2 rings (SSSR count). The zero-order valence-electron chi connectivity index (χ0n) is 9.89. The maximum absolute atomic E-state index is 12.2. The van der Waals surface area contributed by atoms with Crippen molar-refractivity contribution in [2.75, 3.05) is 17.6 Å². The Morgan fingerprint density at radius 1 is 1.40 bits per heavy atom. The summed E-state index contributed by atoms with van der Waals surface area (Å²) in [6.45, 7) is -1.32. The van der Waals surface area contributed by atoms with Gasteiger partial charge in [-0.1, -0.05) is 0 Å². The summed E-state index contributed by atoms with van der Waals surface area (Å²) in [7, 11) is 0. The first-order valence-electron chi connectivity index (χ1n) is 5.28. The van der Waals surface area contributed by atoms with E-state index in [9.17, 15) is 13.2 Å². The highest BCUT2D eigenvalue weighted by molar-refractivity contribution is 5.65. The van der Waals surface area contributed by atoms with Crippen LogP contribution in [0.5, 0.6) is 0 Å². The molecule has 2 heterocycles. The van der Waals surface area contributed by atoms with E-state index in [-0.39, 0.29) is 23.0 Å². The SMILES string of the molecule is N#Cc1c(NCC(F)(F)F)nn(-c2cnccn2)c1N. The quantitative estimate of drug-likeness (QED) is 0.873. The Balaban J connectivity index is 2.38. The van der Waals surface area contributed by atoms with Crippen molar-refractivity contribution < 1.29 is 13.2 Å². The molecule has 0 atom stereocenters. The van der Waals surface area contributed by atoms with Gasteiger partial charge in [-0.05, 0) is 0 Å². The van der Waals surface area contributed by atoms with Gasteiger partial charge in [-0.25, -0.2) is 4.98 Å². The third kappa shape index (κ3) is 2.77. The Labute approximate surface area is 110 Å². The van der Waals surface area contributed by atoms with E-state index in [4.69, 9.17) is 11.0 Å². The molecule has 2 aromatic heterocycles. The summed E-state index contributed by atoms with van der Waals surface area (Å²) < 4.78 is 37.6. The first kappa shape index (κ1) is 13.6. The van der Waals surface area contributed by atoms with Crippen LogP contribution in [0.1, 0.15) is 5.56 Å². The van der Waals surface area contributed by atoms with E-state index in [1.807, 2.05) is 5.32 Å². The highest BCUT2D eigenvalue weighted by Gasteiger charge is 2.28. The molecule has 0 aliphatic heterocycles. The molecule has 0 radical (unpaired) electrons. The molecule has 0 aliphatic carbocycles. The lowest BCUT2D eigenvalue weighted by Gasteiger charge is -2.06. The molecule has 2 aromatic rings. The Hall–Kier alpha value is -2.83. The van der Waals surface area contributed by atoms with Gasteiger partial charge in [-0.3, -0.25) is 4.98 Å². The van der Waals surface area contributed by atoms with Crippen molar-refractivity contribution in [2.45, 2.75) is 6.18 Å². The predicted molar refractivity (Wildman–Crippen MR) is 62.8 cm³/mol. The van der Waals surface area contributed by atoms with Crippen molar-refractivity contribution >= 4 is 11.6 Å². The summed E-state index contributed by atoms with van der Waals surface area (Å²) >= 11 is 0. The number of rotatable bonds is 3. The lowest BCUT2D eigenvalue weighted by atomic mass is 10.3. The minimum Gasteiger partial charge on any atom is -0.382 e. The Bertz CT molecular complexity index is 641. The second-order valence-corrected chi connectivity index (χ2v) is 3.66. The molecule has 0 amide bonds. The number of nitrogen functional groups attached to an aromatic ring is 1. The molecular weight excluding hydrogens is 275 g/mol. The number of nitriles is 1. The average Bonchev–Trinajstić information content (AvgIpc) is 2.73. The minimum absolute atomic E-state index is 0.113. The van der Waals surface area contributed by atoms with Crippen LogP contribution in [0.25, 0.3) is 5.82 Å². The van der Waals surface area contributed by atoms with Crippen molar-refractivity contribution in [3.63, 3.8) is 0 Å². The van der Waals surface area contributed by atoms with Crippen LogP contribution in [-0.2, 0) is 0 Å². The van der Waals surface area contributed by atoms with E-state index in [1.165, 1.54) is 18.6 Å². The van der Waals surface area contributed by atoms with Crippen molar-refractivity contribution in [3.05, 3.63) is 24.2 Å². The topological polar surface area (TPSA) is 105 Å². The van der Waals surface area contributed by atoms with E-state index in [2.05, 4.69) is 15.1 Å². The second kappa shape index (κ2) is 5.04. The van der Waals surface area contributed by atoms with Gasteiger partial charge in [0, 0.05) is 12.4 Å². The van der Waals surface area contributed by atoms with Crippen LogP contribution >= 0.6 is 0 Å². The molecule has 7 nitrogen and oxygen atoms in total. The van der Waals surface area contributed by atoms with Gasteiger partial charge in [0.15, 0.2) is 11.6 Å². The summed E-state index contributed by atoms with van der Waals surface area (Å²) in [6, 6.07) is 1.70. The zero-order valence-corrected chi connectivity index (χ0v) is 9.89. The largest absolute Gasteiger partial charge is 0.405 e. The Morgan fingerprint density at radius 2 is 2.15 bits per heavy atom. The van der Waals surface area contributed by atoms with Gasteiger partial charge >= 0.3 is 6.18 Å². The maximum Gasteiger partial charge on any atom is 0.405 e. The third-order valence-corrected chi connectivity index (χ3v) is 2.26. The summed E-state index contributed by atoms with van der Waals surface area (Å²) in [6.07, 6.45) is -0.335. The number of aromatic nitrogens is 4. The number of nitrogens with zero attached hydrogens (tertiary/aromatic N) is 5. The molecule has 0 bridgehead atoms. The van der Waals surface area contributed by atoms with Gasteiger partial charge < -0.3 is 11.1 Å². The summed E-state index contributed by atoms with van der Waals surface area (Å²) in [5.74, 6) is -0.174. The first-order valence-corrected chi connectivity index (χ1v) is 5.28. The van der Waals surface area contributed by atoms with Crippen LogP contribution in [0, 0.1) is 11.3 Å². The van der Waals surface area contributed by atoms with Gasteiger partial charge in [0.25, 0.3) is 0 Å². The van der Waals surface area contributed by atoms with Gasteiger partial charge in [-0.2, -0.15) is 23.1 Å². The highest BCUT2D eigenvalue weighted by Crippen LogP contribution is 2.24. The van der Waals surface area contributed by atoms with Crippen LogP contribution in [0.4, 0.5) is 24.8 Å². The highest BCUT2D eigenvalue weighted by atomic mass is 19.4. The van der Waals surface area contributed by atoms with Crippen LogP contribution < -0.4 is 11.1 Å². The summed E-state index contributed by atoms with van der Waals surface area (Å²) in [5.41, 5.74) is 5.49. The molecule has 0 aromatic carbocycles. The fraction of sp³-hybridized carbons (Fsp3) is 0.200. The molecule has 20 heavy (non-hydrogen) atoms. The standard InChI is InChI=1S/C10H8F3N7/c11-10(12,13)5-18-9-6(3-14)8(15)20(19-9)7-4-16-1-2-17-7/h1-2,4H,5,15H2,(H,18,19). The normalized spacial score (nSPS) is 11.1. The molecule has 0 saturated heterocycles. The number of halogens is 3. The number of hydrogen-bond acceptors (Lipinski definition) is 6. The number of nitrogens with two attached hydrogens (primary N) is 1. The monoisotopic (exact) mass is 283 g/mol. The van der Waals surface area contributed by atoms with Crippen molar-refractivity contribution in [2.24, 2.45) is 0 Å². The van der Waals surface area contributed by atoms with Crippen molar-refractivity contribution in [1.82, 2.24) is 19.7 Å². The molecule has 10 heteroatoms. The molecular formula is C10H8F3N7. The molecule has 104 valence electrons. The number of nitrogens with one attached hydrogen (secondary N) is 1. The summed E-state index contributed by atoms with van der Waals surface area (Å²) in [5, 5.41) is 14.8. The fourth-order valence-corrected chi connectivity index (χ4v) is 1.42.